The van der Waals surface area contributed by atoms with Gasteiger partial charge in [0.05, 0.1) is 34.4 Å². The number of pyridine rings is 1. The number of primary amides is 1. The van der Waals surface area contributed by atoms with Crippen molar-refractivity contribution in [1.29, 1.82) is 0 Å². The van der Waals surface area contributed by atoms with E-state index in [2.05, 4.69) is 22.5 Å². The third kappa shape index (κ3) is 5.90. The largest absolute Gasteiger partial charge is 0.450 e. The molecule has 0 saturated carbocycles. The summed E-state index contributed by atoms with van der Waals surface area (Å²) in [6.07, 6.45) is 4.82. The summed E-state index contributed by atoms with van der Waals surface area (Å²) in [5.41, 5.74) is 7.41. The number of hydrogen-bond acceptors (Lipinski definition) is 6. The first-order valence-corrected chi connectivity index (χ1v) is 9.32. The fourth-order valence-electron chi connectivity index (χ4n) is 2.35. The van der Waals surface area contributed by atoms with Crippen LogP contribution in [0.2, 0.25) is 0 Å². The highest BCUT2D eigenvalue weighted by molar-refractivity contribution is 7.17. The van der Waals surface area contributed by atoms with Crippen molar-refractivity contribution in [2.45, 2.75) is 39.0 Å². The Labute approximate surface area is 150 Å². The maximum Gasteiger partial charge on any atom is 0.404 e. The highest BCUT2D eigenvalue weighted by Crippen LogP contribution is 2.33. The molecule has 0 radical (unpaired) electrons. The van der Waals surface area contributed by atoms with Crippen LogP contribution in [-0.2, 0) is 9.53 Å². The molecule has 0 bridgehead atoms. The molecule has 2 rings (SSSR count). The van der Waals surface area contributed by atoms with Gasteiger partial charge in [-0.05, 0) is 30.7 Å². The Bertz CT molecular complexity index is 717. The summed E-state index contributed by atoms with van der Waals surface area (Å²) in [7, 11) is 0. The van der Waals surface area contributed by atoms with Crippen LogP contribution in [0.3, 0.4) is 0 Å². The number of nitrogens with two attached hydrogens (primary N) is 1. The average Bonchev–Trinajstić information content (AvgIpc) is 3.06. The van der Waals surface area contributed by atoms with Crippen LogP contribution in [0.4, 0.5) is 16.2 Å². The standard InChI is InChI=1S/C17H24N4O3S/c1-2-3-6-14(22)21-13-11-20-12-7-10-25-16(12)15(13)19-8-4-5-9-24-17(18)23/h7,10-11H,2-6,8-9H2,1H3,(H2,18,23)(H,19,20)(H,21,22). The minimum atomic E-state index is -0.750. The fraction of sp³-hybridized carbons (Fsp3) is 0.471. The third-order valence-corrected chi connectivity index (χ3v) is 4.54. The number of carbonyl (C=O) groups excluding carboxylic acids is 2. The van der Waals surface area contributed by atoms with Gasteiger partial charge in [0.1, 0.15) is 0 Å². The maximum absolute atomic E-state index is 12.1. The van der Waals surface area contributed by atoms with Crippen molar-refractivity contribution >= 4 is 44.9 Å². The van der Waals surface area contributed by atoms with E-state index in [0.29, 0.717) is 31.7 Å². The van der Waals surface area contributed by atoms with Gasteiger partial charge in [0.15, 0.2) is 0 Å². The summed E-state index contributed by atoms with van der Waals surface area (Å²) >= 11 is 1.58. The fourth-order valence-corrected chi connectivity index (χ4v) is 3.22. The lowest BCUT2D eigenvalue weighted by atomic mass is 10.2. The second-order valence-corrected chi connectivity index (χ2v) is 6.55. The quantitative estimate of drug-likeness (QED) is 0.557. The maximum atomic E-state index is 12.1. The molecule has 0 spiro atoms. The molecule has 2 aromatic heterocycles. The molecule has 25 heavy (non-hydrogen) atoms. The SMILES string of the molecule is CCCCC(=O)Nc1cnc2ccsc2c1NCCCCOC(N)=O. The molecule has 2 heterocycles. The van der Waals surface area contributed by atoms with E-state index in [1.165, 1.54) is 0 Å². The molecular formula is C17H24N4O3S. The normalized spacial score (nSPS) is 10.6. The number of anilines is 2. The van der Waals surface area contributed by atoms with E-state index in [9.17, 15) is 9.59 Å². The molecule has 7 nitrogen and oxygen atoms in total. The van der Waals surface area contributed by atoms with Crippen LogP contribution in [0.1, 0.15) is 39.0 Å². The molecule has 4 N–H and O–H groups in total. The number of carbonyl (C=O) groups is 2. The van der Waals surface area contributed by atoms with Crippen molar-refractivity contribution in [2.24, 2.45) is 5.73 Å². The number of unbranched alkanes of at least 4 members (excludes halogenated alkanes) is 2. The lowest BCUT2D eigenvalue weighted by Gasteiger charge is -2.14. The molecule has 0 aromatic carbocycles. The molecule has 0 saturated heterocycles. The van der Waals surface area contributed by atoms with E-state index in [1.54, 1.807) is 17.5 Å². The number of aromatic nitrogens is 1. The Kier molecular flexibility index (Phi) is 7.46. The molecule has 8 heteroatoms. The number of nitrogens with one attached hydrogen (secondary N) is 2. The van der Waals surface area contributed by atoms with Crippen LogP contribution in [0.15, 0.2) is 17.6 Å². The Balaban J connectivity index is 1.99. The first kappa shape index (κ1) is 19.0. The minimum absolute atomic E-state index is 0.00235. The van der Waals surface area contributed by atoms with E-state index < -0.39 is 6.09 Å². The second kappa shape index (κ2) is 9.83. The molecule has 0 aliphatic heterocycles. The summed E-state index contributed by atoms with van der Waals surface area (Å²) in [5.74, 6) is -0.00235. The van der Waals surface area contributed by atoms with Crippen LogP contribution < -0.4 is 16.4 Å². The zero-order valence-corrected chi connectivity index (χ0v) is 15.2. The highest BCUT2D eigenvalue weighted by Gasteiger charge is 2.12. The molecule has 2 aromatic rings. The summed E-state index contributed by atoms with van der Waals surface area (Å²) in [4.78, 5) is 27.0. The smallest absolute Gasteiger partial charge is 0.404 e. The monoisotopic (exact) mass is 364 g/mol. The van der Waals surface area contributed by atoms with Crippen molar-refractivity contribution in [1.82, 2.24) is 4.98 Å². The molecule has 0 aliphatic carbocycles. The van der Waals surface area contributed by atoms with Gasteiger partial charge < -0.3 is 21.1 Å². The predicted molar refractivity (Wildman–Crippen MR) is 101 cm³/mol. The average molecular weight is 364 g/mol. The number of thiophene rings is 1. The van der Waals surface area contributed by atoms with E-state index in [1.807, 2.05) is 11.4 Å². The molecule has 0 atom stereocenters. The predicted octanol–water partition coefficient (Wildman–Crippen LogP) is 3.71. The minimum Gasteiger partial charge on any atom is -0.450 e. The number of ether oxygens (including phenoxy) is 1. The van der Waals surface area contributed by atoms with Gasteiger partial charge >= 0.3 is 6.09 Å². The molecule has 2 amide bonds. The molecule has 0 unspecified atom stereocenters. The van der Waals surface area contributed by atoms with Crippen molar-refractivity contribution in [2.75, 3.05) is 23.8 Å². The van der Waals surface area contributed by atoms with Gasteiger partial charge in [-0.3, -0.25) is 9.78 Å². The second-order valence-electron chi connectivity index (χ2n) is 5.63. The van der Waals surface area contributed by atoms with Crippen LogP contribution in [0, 0.1) is 0 Å². The first-order valence-electron chi connectivity index (χ1n) is 8.44. The number of fused-ring (bicyclic) bond motifs is 1. The van der Waals surface area contributed by atoms with Crippen LogP contribution >= 0.6 is 11.3 Å². The van der Waals surface area contributed by atoms with Crippen LogP contribution in [0.25, 0.3) is 10.2 Å². The van der Waals surface area contributed by atoms with Gasteiger partial charge in [0, 0.05) is 13.0 Å². The van der Waals surface area contributed by atoms with Crippen molar-refractivity contribution < 1.29 is 14.3 Å². The lowest BCUT2D eigenvalue weighted by Crippen LogP contribution is -2.15. The molecular weight excluding hydrogens is 340 g/mol. The van der Waals surface area contributed by atoms with Crippen molar-refractivity contribution in [3.8, 4) is 0 Å². The summed E-state index contributed by atoms with van der Waals surface area (Å²) in [6, 6.07) is 1.95. The molecule has 136 valence electrons. The van der Waals surface area contributed by atoms with E-state index in [0.717, 1.165) is 35.2 Å². The third-order valence-electron chi connectivity index (χ3n) is 3.62. The Morgan fingerprint density at radius 2 is 2.16 bits per heavy atom. The summed E-state index contributed by atoms with van der Waals surface area (Å²) in [5, 5.41) is 8.31. The van der Waals surface area contributed by atoms with Gasteiger partial charge in [-0.1, -0.05) is 13.3 Å². The summed E-state index contributed by atoms with van der Waals surface area (Å²) < 4.78 is 5.73. The molecule has 0 aliphatic rings. The number of nitrogens with zero attached hydrogens (tertiary/aromatic N) is 1. The Morgan fingerprint density at radius 3 is 2.92 bits per heavy atom. The number of hydrogen-bond donors (Lipinski definition) is 3. The lowest BCUT2D eigenvalue weighted by molar-refractivity contribution is -0.116. The van der Waals surface area contributed by atoms with E-state index in [-0.39, 0.29) is 5.91 Å². The zero-order chi connectivity index (χ0) is 18.1. The van der Waals surface area contributed by atoms with Crippen molar-refractivity contribution in [3.05, 3.63) is 17.6 Å². The number of rotatable bonds is 10. The van der Waals surface area contributed by atoms with Gasteiger partial charge in [0.2, 0.25) is 5.91 Å². The van der Waals surface area contributed by atoms with Gasteiger partial charge in [-0.15, -0.1) is 11.3 Å². The summed E-state index contributed by atoms with van der Waals surface area (Å²) in [6.45, 7) is 3.06. The van der Waals surface area contributed by atoms with Crippen LogP contribution in [0.5, 0.6) is 0 Å². The van der Waals surface area contributed by atoms with Gasteiger partial charge in [-0.2, -0.15) is 0 Å². The zero-order valence-electron chi connectivity index (χ0n) is 14.3. The molecule has 0 fully saturated rings. The van der Waals surface area contributed by atoms with Gasteiger partial charge in [-0.25, -0.2) is 4.79 Å². The van der Waals surface area contributed by atoms with Gasteiger partial charge in [0.25, 0.3) is 0 Å². The van der Waals surface area contributed by atoms with Crippen LogP contribution in [-0.4, -0.2) is 30.1 Å². The first-order chi connectivity index (χ1) is 12.1. The Morgan fingerprint density at radius 1 is 1.32 bits per heavy atom. The number of amides is 2. The topological polar surface area (TPSA) is 106 Å². The van der Waals surface area contributed by atoms with E-state index in [4.69, 9.17) is 10.5 Å². The highest BCUT2D eigenvalue weighted by atomic mass is 32.1. The van der Waals surface area contributed by atoms with Crippen molar-refractivity contribution in [3.63, 3.8) is 0 Å². The Hall–Kier alpha value is -2.35. The van der Waals surface area contributed by atoms with E-state index >= 15 is 0 Å².